The number of methoxy groups -OCH3 is 1. The molecule has 0 unspecified atom stereocenters. The van der Waals surface area contributed by atoms with Gasteiger partial charge >= 0.3 is 0 Å². The van der Waals surface area contributed by atoms with E-state index >= 15 is 0 Å². The highest BCUT2D eigenvalue weighted by atomic mass is 19.1. The molecule has 19 heavy (non-hydrogen) atoms. The Bertz CT molecular complexity index is 562. The minimum absolute atomic E-state index is 0.0466. The largest absolute Gasteiger partial charge is 0.497 e. The van der Waals surface area contributed by atoms with Crippen LogP contribution in [-0.4, -0.2) is 23.6 Å². The Kier molecular flexibility index (Phi) is 4.12. The van der Waals surface area contributed by atoms with E-state index in [1.165, 1.54) is 0 Å². The van der Waals surface area contributed by atoms with Crippen LogP contribution in [0.3, 0.4) is 0 Å². The number of hydrogen-bond donors (Lipinski definition) is 2. The molecule has 0 bridgehead atoms. The van der Waals surface area contributed by atoms with Crippen LogP contribution in [0.2, 0.25) is 0 Å². The molecule has 1 heterocycles. The summed E-state index contributed by atoms with van der Waals surface area (Å²) >= 11 is 0. The van der Waals surface area contributed by atoms with Crippen LogP contribution in [0.15, 0.2) is 30.5 Å². The van der Waals surface area contributed by atoms with Gasteiger partial charge < -0.3 is 15.8 Å². The Morgan fingerprint density at radius 3 is 3.05 bits per heavy atom. The zero-order valence-electron chi connectivity index (χ0n) is 10.6. The minimum Gasteiger partial charge on any atom is -0.497 e. The maximum atomic E-state index is 13.4. The molecule has 5 nitrogen and oxygen atoms in total. The van der Waals surface area contributed by atoms with E-state index < -0.39 is 5.82 Å². The third-order valence-electron chi connectivity index (χ3n) is 2.60. The summed E-state index contributed by atoms with van der Waals surface area (Å²) in [7, 11) is 1.62. The van der Waals surface area contributed by atoms with Crippen molar-refractivity contribution < 1.29 is 9.13 Å². The molecule has 0 spiro atoms. The topological polar surface area (TPSA) is 73.1 Å². The van der Waals surface area contributed by atoms with Crippen molar-refractivity contribution in [2.75, 3.05) is 24.7 Å². The Labute approximate surface area is 110 Å². The first-order valence-corrected chi connectivity index (χ1v) is 5.84. The Balaban J connectivity index is 1.94. The summed E-state index contributed by atoms with van der Waals surface area (Å²) in [6, 6.07) is 7.71. The highest BCUT2D eigenvalue weighted by Crippen LogP contribution is 2.14. The number of benzene rings is 1. The van der Waals surface area contributed by atoms with Crippen molar-refractivity contribution >= 4 is 11.8 Å². The quantitative estimate of drug-likeness (QED) is 0.860. The van der Waals surface area contributed by atoms with E-state index in [0.29, 0.717) is 6.54 Å². The molecular weight excluding hydrogens is 247 g/mol. The van der Waals surface area contributed by atoms with Gasteiger partial charge in [0.2, 0.25) is 5.95 Å². The molecule has 6 heteroatoms. The Hall–Kier alpha value is -2.37. The lowest BCUT2D eigenvalue weighted by molar-refractivity contribution is 0.414. The van der Waals surface area contributed by atoms with E-state index in [4.69, 9.17) is 10.5 Å². The zero-order valence-corrected chi connectivity index (χ0v) is 10.6. The van der Waals surface area contributed by atoms with Crippen molar-refractivity contribution in [3.05, 3.63) is 41.8 Å². The van der Waals surface area contributed by atoms with E-state index in [1.807, 2.05) is 24.3 Å². The van der Waals surface area contributed by atoms with Crippen molar-refractivity contribution in [3.8, 4) is 5.75 Å². The van der Waals surface area contributed by atoms with Crippen molar-refractivity contribution in [2.24, 2.45) is 0 Å². The summed E-state index contributed by atoms with van der Waals surface area (Å²) in [4.78, 5) is 7.36. The molecular formula is C13H15FN4O. The summed E-state index contributed by atoms with van der Waals surface area (Å²) < 4.78 is 18.5. The van der Waals surface area contributed by atoms with Crippen LogP contribution in [0.5, 0.6) is 5.75 Å². The second-order valence-corrected chi connectivity index (χ2v) is 3.95. The number of hydrogen-bond acceptors (Lipinski definition) is 5. The number of rotatable bonds is 5. The molecule has 3 N–H and O–H groups in total. The van der Waals surface area contributed by atoms with Gasteiger partial charge in [0, 0.05) is 6.54 Å². The fourth-order valence-corrected chi connectivity index (χ4v) is 1.66. The van der Waals surface area contributed by atoms with Gasteiger partial charge in [0.1, 0.15) is 5.75 Å². The summed E-state index contributed by atoms with van der Waals surface area (Å²) in [6.45, 7) is 0.542. The van der Waals surface area contributed by atoms with E-state index in [2.05, 4.69) is 15.3 Å². The molecule has 0 fully saturated rings. The van der Waals surface area contributed by atoms with Gasteiger partial charge in [-0.1, -0.05) is 12.1 Å². The predicted octanol–water partition coefficient (Wildman–Crippen LogP) is 1.86. The fraction of sp³-hybridized carbons (Fsp3) is 0.231. The number of anilines is 2. The normalized spacial score (nSPS) is 10.2. The average Bonchev–Trinajstić information content (AvgIpc) is 2.43. The zero-order chi connectivity index (χ0) is 13.7. The van der Waals surface area contributed by atoms with Gasteiger partial charge in [0.25, 0.3) is 0 Å². The number of ether oxygens (including phenoxy) is 1. The number of aromatic nitrogens is 2. The maximum absolute atomic E-state index is 13.4. The molecule has 0 atom stereocenters. The molecule has 100 valence electrons. The van der Waals surface area contributed by atoms with Gasteiger partial charge in [0.15, 0.2) is 11.6 Å². The van der Waals surface area contributed by atoms with E-state index in [0.717, 1.165) is 23.9 Å². The average molecular weight is 262 g/mol. The molecule has 2 aromatic rings. The van der Waals surface area contributed by atoms with Crippen molar-refractivity contribution in [2.45, 2.75) is 6.42 Å². The molecule has 0 aliphatic heterocycles. The first-order valence-electron chi connectivity index (χ1n) is 5.84. The second kappa shape index (κ2) is 5.99. The summed E-state index contributed by atoms with van der Waals surface area (Å²) in [6.07, 6.45) is 1.77. The highest BCUT2D eigenvalue weighted by molar-refractivity contribution is 5.39. The van der Waals surface area contributed by atoms with Gasteiger partial charge in [0.05, 0.1) is 13.3 Å². The number of nitrogen functional groups attached to an aromatic ring is 1. The van der Waals surface area contributed by atoms with Gasteiger partial charge in [-0.2, -0.15) is 4.98 Å². The smallest absolute Gasteiger partial charge is 0.222 e. The third-order valence-corrected chi connectivity index (χ3v) is 2.60. The van der Waals surface area contributed by atoms with E-state index in [9.17, 15) is 4.39 Å². The Morgan fingerprint density at radius 2 is 2.26 bits per heavy atom. The number of nitrogens with two attached hydrogens (primary N) is 1. The first-order chi connectivity index (χ1) is 9.19. The summed E-state index contributed by atoms with van der Waals surface area (Å²) in [5.41, 5.74) is 6.49. The van der Waals surface area contributed by atoms with E-state index in [1.54, 1.807) is 7.11 Å². The van der Waals surface area contributed by atoms with Crippen LogP contribution in [0, 0.1) is 5.82 Å². The maximum Gasteiger partial charge on any atom is 0.222 e. The molecule has 0 aliphatic rings. The molecule has 0 saturated heterocycles. The molecule has 1 aromatic carbocycles. The number of nitrogens with one attached hydrogen (secondary N) is 1. The minimum atomic E-state index is -0.514. The summed E-state index contributed by atoms with van der Waals surface area (Å²) in [5, 5.41) is 2.89. The monoisotopic (exact) mass is 262 g/mol. The molecule has 0 amide bonds. The van der Waals surface area contributed by atoms with Gasteiger partial charge in [-0.15, -0.1) is 0 Å². The number of halogens is 1. The van der Waals surface area contributed by atoms with Crippen LogP contribution in [0.4, 0.5) is 16.2 Å². The highest BCUT2D eigenvalue weighted by Gasteiger charge is 2.04. The van der Waals surface area contributed by atoms with Crippen molar-refractivity contribution in [3.63, 3.8) is 0 Å². The SMILES string of the molecule is COc1cccc(CCNc2nc(N)ncc2F)c1. The lowest BCUT2D eigenvalue weighted by Crippen LogP contribution is -2.10. The van der Waals surface area contributed by atoms with Crippen molar-refractivity contribution in [1.82, 2.24) is 9.97 Å². The molecule has 0 radical (unpaired) electrons. The van der Waals surface area contributed by atoms with Gasteiger partial charge in [-0.25, -0.2) is 9.37 Å². The fourth-order valence-electron chi connectivity index (χ4n) is 1.66. The lowest BCUT2D eigenvalue weighted by atomic mass is 10.1. The van der Waals surface area contributed by atoms with Crippen LogP contribution < -0.4 is 15.8 Å². The van der Waals surface area contributed by atoms with E-state index in [-0.39, 0.29) is 11.8 Å². The molecule has 1 aromatic heterocycles. The van der Waals surface area contributed by atoms with Gasteiger partial charge in [-0.3, -0.25) is 0 Å². The molecule has 0 saturated carbocycles. The van der Waals surface area contributed by atoms with Crippen LogP contribution in [0.25, 0.3) is 0 Å². The first kappa shape index (κ1) is 13.1. The summed E-state index contributed by atoms with van der Waals surface area (Å²) in [5.74, 6) is 0.454. The van der Waals surface area contributed by atoms with Crippen LogP contribution >= 0.6 is 0 Å². The predicted molar refractivity (Wildman–Crippen MR) is 71.6 cm³/mol. The van der Waals surface area contributed by atoms with Gasteiger partial charge in [-0.05, 0) is 24.1 Å². The van der Waals surface area contributed by atoms with Crippen molar-refractivity contribution in [1.29, 1.82) is 0 Å². The molecule has 0 aliphatic carbocycles. The lowest BCUT2D eigenvalue weighted by Gasteiger charge is -2.07. The number of nitrogens with zero attached hydrogens (tertiary/aromatic N) is 2. The second-order valence-electron chi connectivity index (χ2n) is 3.95. The third kappa shape index (κ3) is 3.54. The van der Waals surface area contributed by atoms with Crippen LogP contribution in [0.1, 0.15) is 5.56 Å². The standard InChI is InChI=1S/C13H15FN4O/c1-19-10-4-2-3-9(7-10)5-6-16-12-11(14)8-17-13(15)18-12/h2-4,7-8H,5-6H2,1H3,(H3,15,16,17,18). The Morgan fingerprint density at radius 1 is 1.42 bits per heavy atom. The molecule has 2 rings (SSSR count). The van der Waals surface area contributed by atoms with Crippen LogP contribution in [-0.2, 0) is 6.42 Å².